The lowest BCUT2D eigenvalue weighted by atomic mass is 10.1. The van der Waals surface area contributed by atoms with Gasteiger partial charge < -0.3 is 9.64 Å². The Hall–Kier alpha value is -0.900. The van der Waals surface area contributed by atoms with E-state index < -0.39 is 0 Å². The first-order valence-corrected chi connectivity index (χ1v) is 5.97. The van der Waals surface area contributed by atoms with Crippen LogP contribution in [0.1, 0.15) is 16.8 Å². The first-order valence-electron chi connectivity index (χ1n) is 5.59. The van der Waals surface area contributed by atoms with Crippen LogP contribution in [0.15, 0.2) is 24.3 Å². The van der Waals surface area contributed by atoms with E-state index in [2.05, 4.69) is 4.90 Å². The predicted octanol–water partition coefficient (Wildman–Crippen LogP) is 2.49. The van der Waals surface area contributed by atoms with Gasteiger partial charge in [0.25, 0.3) is 0 Å². The van der Waals surface area contributed by atoms with Crippen LogP contribution in [-0.4, -0.2) is 44.5 Å². The van der Waals surface area contributed by atoms with Gasteiger partial charge in [0.1, 0.15) is 0 Å². The van der Waals surface area contributed by atoms with Gasteiger partial charge in [-0.1, -0.05) is 23.7 Å². The molecule has 94 valence electrons. The Morgan fingerprint density at radius 2 is 2.18 bits per heavy atom. The van der Waals surface area contributed by atoms with Gasteiger partial charge in [-0.25, -0.2) is 0 Å². The third-order valence-corrected chi connectivity index (χ3v) is 2.78. The molecule has 0 N–H and O–H groups in total. The molecule has 0 amide bonds. The van der Waals surface area contributed by atoms with E-state index in [-0.39, 0.29) is 5.78 Å². The lowest BCUT2D eigenvalue weighted by Crippen LogP contribution is -2.25. The minimum Gasteiger partial charge on any atom is -0.383 e. The van der Waals surface area contributed by atoms with Crippen LogP contribution in [0.5, 0.6) is 0 Å². The number of ether oxygens (including phenoxy) is 1. The molecular weight excluding hydrogens is 238 g/mol. The molecule has 0 spiro atoms. The summed E-state index contributed by atoms with van der Waals surface area (Å²) >= 11 is 5.84. The molecule has 3 nitrogen and oxygen atoms in total. The highest BCUT2D eigenvalue weighted by molar-refractivity contribution is 6.31. The van der Waals surface area contributed by atoms with E-state index >= 15 is 0 Å². The van der Waals surface area contributed by atoms with Crippen LogP contribution in [0.25, 0.3) is 0 Å². The molecule has 1 aromatic carbocycles. The highest BCUT2D eigenvalue weighted by atomic mass is 35.5. The highest BCUT2D eigenvalue weighted by Gasteiger charge is 2.07. The van der Waals surface area contributed by atoms with Crippen LogP contribution in [0.4, 0.5) is 0 Å². The lowest BCUT2D eigenvalue weighted by Gasteiger charge is -2.15. The number of carbonyl (C=O) groups excluding carboxylic acids is 1. The van der Waals surface area contributed by atoms with E-state index in [1.807, 2.05) is 7.05 Å². The lowest BCUT2D eigenvalue weighted by molar-refractivity contribution is 0.0960. The molecule has 0 saturated carbocycles. The number of nitrogens with zero attached hydrogens (tertiary/aromatic N) is 1. The number of likely N-dealkylation sites (N-methyl/N-ethyl adjacent to an activating group) is 1. The van der Waals surface area contributed by atoms with Gasteiger partial charge in [-0.05, 0) is 19.2 Å². The van der Waals surface area contributed by atoms with Crippen molar-refractivity contribution in [3.63, 3.8) is 0 Å². The number of carbonyl (C=O) groups is 1. The number of Topliss-reactive ketones (excluding diaryl/α,β-unsaturated/α-hetero) is 1. The van der Waals surface area contributed by atoms with Crippen LogP contribution in [0, 0.1) is 0 Å². The maximum Gasteiger partial charge on any atom is 0.164 e. The van der Waals surface area contributed by atoms with Gasteiger partial charge in [-0.3, -0.25) is 4.79 Å². The molecule has 0 atom stereocenters. The molecule has 0 bridgehead atoms. The second kappa shape index (κ2) is 7.43. The Balaban J connectivity index is 2.39. The molecule has 1 rings (SSSR count). The maximum absolute atomic E-state index is 11.9. The van der Waals surface area contributed by atoms with Gasteiger partial charge >= 0.3 is 0 Å². The first kappa shape index (κ1) is 14.2. The number of ketones is 1. The molecule has 0 unspecified atom stereocenters. The predicted molar refractivity (Wildman–Crippen MR) is 69.8 cm³/mol. The van der Waals surface area contributed by atoms with Gasteiger partial charge in [0.2, 0.25) is 0 Å². The first-order chi connectivity index (χ1) is 8.13. The normalized spacial score (nSPS) is 10.8. The van der Waals surface area contributed by atoms with Crippen molar-refractivity contribution in [2.24, 2.45) is 0 Å². The number of hydrogen-bond donors (Lipinski definition) is 0. The van der Waals surface area contributed by atoms with Crippen molar-refractivity contribution in [2.75, 3.05) is 33.9 Å². The van der Waals surface area contributed by atoms with Gasteiger partial charge in [0, 0.05) is 37.2 Å². The summed E-state index contributed by atoms with van der Waals surface area (Å²) in [4.78, 5) is 13.9. The van der Waals surface area contributed by atoms with E-state index in [4.69, 9.17) is 16.3 Å². The summed E-state index contributed by atoms with van der Waals surface area (Å²) in [5.74, 6) is 0.122. The smallest absolute Gasteiger partial charge is 0.164 e. The van der Waals surface area contributed by atoms with E-state index in [1.165, 1.54) is 0 Å². The molecule has 1 aromatic rings. The van der Waals surface area contributed by atoms with Crippen molar-refractivity contribution in [2.45, 2.75) is 6.42 Å². The summed E-state index contributed by atoms with van der Waals surface area (Å²) in [7, 11) is 3.65. The van der Waals surface area contributed by atoms with Crippen molar-refractivity contribution < 1.29 is 9.53 Å². The minimum absolute atomic E-state index is 0.122. The molecule has 4 heteroatoms. The zero-order valence-electron chi connectivity index (χ0n) is 10.3. The molecule has 0 radical (unpaired) electrons. The molecule has 0 aliphatic heterocycles. The summed E-state index contributed by atoms with van der Waals surface area (Å²) in [6, 6.07) is 7.07. The molecule has 0 heterocycles. The van der Waals surface area contributed by atoms with Crippen LogP contribution >= 0.6 is 11.6 Å². The fourth-order valence-corrected chi connectivity index (χ4v) is 1.65. The standard InChI is InChI=1S/C13H18ClNO2/c1-15(8-9-17-2)7-6-13(16)11-4-3-5-12(14)10-11/h3-5,10H,6-9H2,1-2H3. The van der Waals surface area contributed by atoms with Crippen molar-refractivity contribution >= 4 is 17.4 Å². The molecule has 0 aromatic heterocycles. The highest BCUT2D eigenvalue weighted by Crippen LogP contribution is 2.12. The summed E-state index contributed by atoms with van der Waals surface area (Å²) in [6.45, 7) is 2.25. The monoisotopic (exact) mass is 255 g/mol. The zero-order valence-corrected chi connectivity index (χ0v) is 11.0. The van der Waals surface area contributed by atoms with Crippen molar-refractivity contribution in [3.05, 3.63) is 34.9 Å². The maximum atomic E-state index is 11.9. The number of hydrogen-bond acceptors (Lipinski definition) is 3. The summed E-state index contributed by atoms with van der Waals surface area (Å²) in [6.07, 6.45) is 0.501. The van der Waals surface area contributed by atoms with Gasteiger partial charge in [-0.2, -0.15) is 0 Å². The Morgan fingerprint density at radius 1 is 1.41 bits per heavy atom. The molecule has 0 aliphatic carbocycles. The quantitative estimate of drug-likeness (QED) is 0.701. The van der Waals surface area contributed by atoms with Crippen molar-refractivity contribution in [3.8, 4) is 0 Å². The van der Waals surface area contributed by atoms with E-state index in [0.717, 1.165) is 13.1 Å². The molecule has 0 aliphatic rings. The molecular formula is C13H18ClNO2. The van der Waals surface area contributed by atoms with Gasteiger partial charge in [0.05, 0.1) is 6.61 Å². The largest absolute Gasteiger partial charge is 0.383 e. The van der Waals surface area contributed by atoms with E-state index in [0.29, 0.717) is 23.6 Å². The van der Waals surface area contributed by atoms with Crippen molar-refractivity contribution in [1.82, 2.24) is 4.90 Å². The summed E-state index contributed by atoms with van der Waals surface area (Å²) in [5.41, 5.74) is 0.678. The van der Waals surface area contributed by atoms with Crippen LogP contribution in [0.3, 0.4) is 0 Å². The third-order valence-electron chi connectivity index (χ3n) is 2.54. The second-order valence-corrected chi connectivity index (χ2v) is 4.42. The number of methoxy groups -OCH3 is 1. The molecule has 17 heavy (non-hydrogen) atoms. The fourth-order valence-electron chi connectivity index (χ4n) is 1.46. The number of benzene rings is 1. The number of halogens is 1. The topological polar surface area (TPSA) is 29.5 Å². The van der Waals surface area contributed by atoms with Gasteiger partial charge in [-0.15, -0.1) is 0 Å². The average molecular weight is 256 g/mol. The Kier molecular flexibility index (Phi) is 6.19. The Labute approximate surface area is 107 Å². The fraction of sp³-hybridized carbons (Fsp3) is 0.462. The summed E-state index contributed by atoms with van der Waals surface area (Å²) in [5, 5.41) is 0.601. The number of rotatable bonds is 7. The Bertz CT molecular complexity index is 368. The van der Waals surface area contributed by atoms with Crippen LogP contribution < -0.4 is 0 Å². The molecule has 0 fully saturated rings. The van der Waals surface area contributed by atoms with Crippen molar-refractivity contribution in [1.29, 1.82) is 0 Å². The third kappa shape index (κ3) is 5.31. The van der Waals surface area contributed by atoms with Gasteiger partial charge in [0.15, 0.2) is 5.78 Å². The van der Waals surface area contributed by atoms with E-state index in [1.54, 1.807) is 31.4 Å². The summed E-state index contributed by atoms with van der Waals surface area (Å²) < 4.78 is 4.98. The van der Waals surface area contributed by atoms with Crippen LogP contribution in [-0.2, 0) is 4.74 Å². The SMILES string of the molecule is COCCN(C)CCC(=O)c1cccc(Cl)c1. The minimum atomic E-state index is 0.122. The van der Waals surface area contributed by atoms with Crippen LogP contribution in [0.2, 0.25) is 5.02 Å². The Morgan fingerprint density at radius 3 is 2.82 bits per heavy atom. The second-order valence-electron chi connectivity index (χ2n) is 3.98. The molecule has 0 saturated heterocycles. The average Bonchev–Trinajstić information content (AvgIpc) is 2.33. The zero-order chi connectivity index (χ0) is 12.7. The van der Waals surface area contributed by atoms with E-state index in [9.17, 15) is 4.79 Å².